The second-order valence-electron chi connectivity index (χ2n) is 4.93. The molecule has 0 saturated carbocycles. The molecule has 0 spiro atoms. The number of nitro benzene ring substituents is 1. The third-order valence-electron chi connectivity index (χ3n) is 3.32. The summed E-state index contributed by atoms with van der Waals surface area (Å²) < 4.78 is 26.5. The van der Waals surface area contributed by atoms with Gasteiger partial charge in [-0.15, -0.1) is 12.4 Å². The highest BCUT2D eigenvalue weighted by molar-refractivity contribution is 7.89. The van der Waals surface area contributed by atoms with Gasteiger partial charge in [0.2, 0.25) is 10.0 Å². The number of sulfonamides is 1. The summed E-state index contributed by atoms with van der Waals surface area (Å²) in [5.41, 5.74) is 0.292. The van der Waals surface area contributed by atoms with Crippen molar-refractivity contribution < 1.29 is 13.3 Å². The number of benzene rings is 1. The lowest BCUT2D eigenvalue weighted by molar-refractivity contribution is -0.385. The first-order chi connectivity index (χ1) is 9.32. The Kier molecular flexibility index (Phi) is 5.68. The van der Waals surface area contributed by atoms with Crippen LogP contribution in [-0.4, -0.2) is 43.3 Å². The summed E-state index contributed by atoms with van der Waals surface area (Å²) in [5.74, 6) is 0. The van der Waals surface area contributed by atoms with Gasteiger partial charge in [-0.3, -0.25) is 10.1 Å². The van der Waals surface area contributed by atoms with E-state index in [0.717, 1.165) is 0 Å². The number of hydrogen-bond donors (Lipinski definition) is 1. The summed E-state index contributed by atoms with van der Waals surface area (Å²) in [6.07, 6.45) is 0. The number of aryl methyl sites for hydroxylation is 1. The number of piperazine rings is 1. The van der Waals surface area contributed by atoms with E-state index in [4.69, 9.17) is 0 Å². The Morgan fingerprint density at radius 2 is 2.10 bits per heavy atom. The topological polar surface area (TPSA) is 92.5 Å². The third kappa shape index (κ3) is 3.70. The fourth-order valence-electron chi connectivity index (χ4n) is 2.29. The molecule has 2 rings (SSSR count). The maximum Gasteiger partial charge on any atom is 0.269 e. The fraction of sp³-hybridized carbons (Fsp3) is 0.500. The lowest BCUT2D eigenvalue weighted by Crippen LogP contribution is -2.51. The van der Waals surface area contributed by atoms with Gasteiger partial charge in [-0.2, -0.15) is 4.31 Å². The fourth-order valence-corrected chi connectivity index (χ4v) is 4.03. The molecule has 9 heteroatoms. The molecule has 1 heterocycles. The SMILES string of the molecule is Cc1cc([N+](=O)[O-])ccc1S(=O)(=O)N1CCN[C@@H](C)C1.Cl. The second-order valence-corrected chi connectivity index (χ2v) is 6.83. The first kappa shape index (κ1) is 17.8. The lowest BCUT2D eigenvalue weighted by atomic mass is 10.2. The van der Waals surface area contributed by atoms with Crippen LogP contribution in [0.5, 0.6) is 0 Å². The van der Waals surface area contributed by atoms with Gasteiger partial charge < -0.3 is 5.32 Å². The number of hydrogen-bond acceptors (Lipinski definition) is 5. The van der Waals surface area contributed by atoms with Crippen molar-refractivity contribution in [1.29, 1.82) is 0 Å². The van der Waals surface area contributed by atoms with Crippen molar-refractivity contribution in [2.24, 2.45) is 0 Å². The van der Waals surface area contributed by atoms with Crippen molar-refractivity contribution in [3.05, 3.63) is 33.9 Å². The molecule has 118 valence electrons. The summed E-state index contributed by atoms with van der Waals surface area (Å²) in [6, 6.07) is 3.93. The molecule has 1 atom stereocenters. The Morgan fingerprint density at radius 3 is 2.62 bits per heavy atom. The quantitative estimate of drug-likeness (QED) is 0.664. The van der Waals surface area contributed by atoms with E-state index in [1.807, 2.05) is 6.92 Å². The van der Waals surface area contributed by atoms with E-state index in [9.17, 15) is 18.5 Å². The number of nitro groups is 1. The van der Waals surface area contributed by atoms with E-state index < -0.39 is 14.9 Å². The van der Waals surface area contributed by atoms with Crippen LogP contribution < -0.4 is 5.32 Å². The molecule has 0 unspecified atom stereocenters. The van der Waals surface area contributed by atoms with Gasteiger partial charge in [-0.05, 0) is 25.5 Å². The molecular weight excluding hydrogens is 318 g/mol. The van der Waals surface area contributed by atoms with Crippen molar-refractivity contribution in [2.45, 2.75) is 24.8 Å². The average Bonchev–Trinajstić information content (AvgIpc) is 2.38. The zero-order valence-electron chi connectivity index (χ0n) is 11.8. The Morgan fingerprint density at radius 1 is 1.43 bits per heavy atom. The number of halogens is 1. The minimum atomic E-state index is -3.60. The smallest absolute Gasteiger partial charge is 0.269 e. The molecule has 0 amide bonds. The molecule has 1 fully saturated rings. The van der Waals surface area contributed by atoms with Crippen LogP contribution in [0.4, 0.5) is 5.69 Å². The van der Waals surface area contributed by atoms with Gasteiger partial charge in [-0.25, -0.2) is 8.42 Å². The normalized spacial score (nSPS) is 19.8. The van der Waals surface area contributed by atoms with Gasteiger partial charge in [0.05, 0.1) is 9.82 Å². The van der Waals surface area contributed by atoms with Crippen molar-refractivity contribution >= 4 is 28.1 Å². The summed E-state index contributed by atoms with van der Waals surface area (Å²) in [5, 5.41) is 13.9. The van der Waals surface area contributed by atoms with Crippen LogP contribution in [0.1, 0.15) is 12.5 Å². The molecule has 0 bridgehead atoms. The molecule has 7 nitrogen and oxygen atoms in total. The van der Waals surface area contributed by atoms with Gasteiger partial charge in [0.1, 0.15) is 0 Å². The Balaban J connectivity index is 0.00000220. The van der Waals surface area contributed by atoms with Gasteiger partial charge >= 0.3 is 0 Å². The van der Waals surface area contributed by atoms with E-state index in [-0.39, 0.29) is 29.0 Å². The summed E-state index contributed by atoms with van der Waals surface area (Å²) in [4.78, 5) is 10.3. The monoisotopic (exact) mass is 335 g/mol. The number of nitrogens with zero attached hydrogens (tertiary/aromatic N) is 2. The van der Waals surface area contributed by atoms with Crippen LogP contribution >= 0.6 is 12.4 Å². The molecule has 21 heavy (non-hydrogen) atoms. The van der Waals surface area contributed by atoms with E-state index in [1.165, 1.54) is 22.5 Å². The molecule has 0 radical (unpaired) electrons. The predicted octanol–water partition coefficient (Wildman–Crippen LogP) is 1.31. The molecule has 1 N–H and O–H groups in total. The zero-order valence-corrected chi connectivity index (χ0v) is 13.4. The van der Waals surface area contributed by atoms with Crippen molar-refractivity contribution in [1.82, 2.24) is 9.62 Å². The number of rotatable bonds is 3. The van der Waals surface area contributed by atoms with Gasteiger partial charge in [0.25, 0.3) is 5.69 Å². The molecule has 1 aliphatic heterocycles. The van der Waals surface area contributed by atoms with E-state index in [0.29, 0.717) is 25.2 Å². The highest BCUT2D eigenvalue weighted by Gasteiger charge is 2.30. The molecule has 1 saturated heterocycles. The van der Waals surface area contributed by atoms with Crippen LogP contribution in [-0.2, 0) is 10.0 Å². The van der Waals surface area contributed by atoms with E-state index >= 15 is 0 Å². The highest BCUT2D eigenvalue weighted by atomic mass is 35.5. The molecule has 0 aliphatic carbocycles. The van der Waals surface area contributed by atoms with Crippen molar-refractivity contribution in [3.8, 4) is 0 Å². The molecular formula is C12H18ClN3O4S. The van der Waals surface area contributed by atoms with Gasteiger partial charge in [-0.1, -0.05) is 0 Å². The first-order valence-corrected chi connectivity index (χ1v) is 7.75. The zero-order chi connectivity index (χ0) is 14.9. The van der Waals surface area contributed by atoms with Crippen LogP contribution in [0.15, 0.2) is 23.1 Å². The van der Waals surface area contributed by atoms with Crippen molar-refractivity contribution in [2.75, 3.05) is 19.6 Å². The average molecular weight is 336 g/mol. The second kappa shape index (κ2) is 6.69. The predicted molar refractivity (Wildman–Crippen MR) is 81.3 cm³/mol. The Bertz CT molecular complexity index is 635. The minimum absolute atomic E-state index is 0. The molecule has 1 aromatic rings. The standard InChI is InChI=1S/C12H17N3O4S.ClH/c1-9-7-11(15(16)17)3-4-12(9)20(18,19)14-6-5-13-10(2)8-14;/h3-4,7,10,13H,5-6,8H2,1-2H3;1H/t10-;/m0./s1. The van der Waals surface area contributed by atoms with E-state index in [1.54, 1.807) is 6.92 Å². The third-order valence-corrected chi connectivity index (χ3v) is 5.34. The van der Waals surface area contributed by atoms with E-state index in [2.05, 4.69) is 5.32 Å². The van der Waals surface area contributed by atoms with Gasteiger partial charge in [0.15, 0.2) is 0 Å². The van der Waals surface area contributed by atoms with Crippen LogP contribution in [0, 0.1) is 17.0 Å². The lowest BCUT2D eigenvalue weighted by Gasteiger charge is -2.31. The Hall–Kier alpha value is -1.22. The molecule has 0 aromatic heterocycles. The maximum absolute atomic E-state index is 12.6. The number of non-ortho nitro benzene ring substituents is 1. The molecule has 1 aromatic carbocycles. The summed E-state index contributed by atoms with van der Waals surface area (Å²) in [7, 11) is -3.60. The molecule has 1 aliphatic rings. The highest BCUT2D eigenvalue weighted by Crippen LogP contribution is 2.24. The maximum atomic E-state index is 12.6. The minimum Gasteiger partial charge on any atom is -0.312 e. The Labute approximate surface area is 129 Å². The van der Waals surface area contributed by atoms with Gasteiger partial charge in [0, 0.05) is 37.8 Å². The first-order valence-electron chi connectivity index (χ1n) is 6.31. The van der Waals surface area contributed by atoms with Crippen LogP contribution in [0.3, 0.4) is 0 Å². The van der Waals surface area contributed by atoms with Crippen LogP contribution in [0.2, 0.25) is 0 Å². The largest absolute Gasteiger partial charge is 0.312 e. The van der Waals surface area contributed by atoms with Crippen molar-refractivity contribution in [3.63, 3.8) is 0 Å². The summed E-state index contributed by atoms with van der Waals surface area (Å²) >= 11 is 0. The van der Waals surface area contributed by atoms with Crippen LogP contribution in [0.25, 0.3) is 0 Å². The summed E-state index contributed by atoms with van der Waals surface area (Å²) in [6.45, 7) is 4.91. The number of nitrogens with one attached hydrogen (secondary N) is 1.